The van der Waals surface area contributed by atoms with Gasteiger partial charge in [-0.1, -0.05) is 5.57 Å². The quantitative estimate of drug-likeness (QED) is 0.644. The van der Waals surface area contributed by atoms with Crippen LogP contribution in [0, 0.1) is 0 Å². The first-order valence-electron chi connectivity index (χ1n) is 5.17. The van der Waals surface area contributed by atoms with Crippen LogP contribution in [0.25, 0.3) is 0 Å². The van der Waals surface area contributed by atoms with Crippen molar-refractivity contribution in [1.29, 1.82) is 0 Å². The minimum absolute atomic E-state index is 0.184. The van der Waals surface area contributed by atoms with Crippen LogP contribution in [0.2, 0.25) is 0 Å². The fourth-order valence-corrected chi connectivity index (χ4v) is 1.25. The molecule has 4 heteroatoms. The molecule has 1 N–H and O–H groups in total. The minimum atomic E-state index is -0.396. The smallest absolute Gasteiger partial charge is 0.337 e. The Morgan fingerprint density at radius 2 is 1.76 bits per heavy atom. The van der Waals surface area contributed by atoms with Crippen molar-refractivity contribution in [2.45, 2.75) is 13.8 Å². The molecule has 1 amide bonds. The van der Waals surface area contributed by atoms with Crippen molar-refractivity contribution in [3.05, 3.63) is 41.5 Å². The number of carbonyl (C=O) groups excluding carboxylic acids is 2. The van der Waals surface area contributed by atoms with E-state index in [4.69, 9.17) is 0 Å². The minimum Gasteiger partial charge on any atom is -0.465 e. The molecule has 0 radical (unpaired) electrons. The summed E-state index contributed by atoms with van der Waals surface area (Å²) in [6.07, 6.45) is 1.51. The van der Waals surface area contributed by atoms with E-state index in [-0.39, 0.29) is 5.91 Å². The molecule has 0 saturated carbocycles. The highest BCUT2D eigenvalue weighted by atomic mass is 16.5. The first-order valence-corrected chi connectivity index (χ1v) is 5.17. The summed E-state index contributed by atoms with van der Waals surface area (Å²) in [5.74, 6) is -0.581. The van der Waals surface area contributed by atoms with Gasteiger partial charge in [-0.2, -0.15) is 0 Å². The molecule has 1 aromatic carbocycles. The van der Waals surface area contributed by atoms with Gasteiger partial charge in [0, 0.05) is 11.8 Å². The van der Waals surface area contributed by atoms with E-state index in [2.05, 4.69) is 10.1 Å². The number of amides is 1. The van der Waals surface area contributed by atoms with E-state index in [0.717, 1.165) is 5.57 Å². The predicted octanol–water partition coefficient (Wildman–Crippen LogP) is 2.38. The number of ether oxygens (including phenoxy) is 1. The third-order valence-electron chi connectivity index (χ3n) is 1.99. The van der Waals surface area contributed by atoms with Gasteiger partial charge in [-0.15, -0.1) is 0 Å². The molecule has 17 heavy (non-hydrogen) atoms. The van der Waals surface area contributed by atoms with E-state index < -0.39 is 5.97 Å². The Hall–Kier alpha value is -2.10. The van der Waals surface area contributed by atoms with E-state index in [1.54, 1.807) is 24.3 Å². The molecule has 0 atom stereocenters. The van der Waals surface area contributed by atoms with Crippen molar-refractivity contribution in [2.24, 2.45) is 0 Å². The summed E-state index contributed by atoms with van der Waals surface area (Å²) in [5, 5.41) is 2.69. The predicted molar refractivity (Wildman–Crippen MR) is 65.8 cm³/mol. The van der Waals surface area contributed by atoms with Gasteiger partial charge in [0.1, 0.15) is 0 Å². The van der Waals surface area contributed by atoms with Crippen LogP contribution in [0.4, 0.5) is 5.69 Å². The van der Waals surface area contributed by atoms with E-state index in [1.807, 2.05) is 13.8 Å². The number of anilines is 1. The van der Waals surface area contributed by atoms with Gasteiger partial charge in [0.25, 0.3) is 0 Å². The van der Waals surface area contributed by atoms with Crippen LogP contribution in [0.5, 0.6) is 0 Å². The molecular weight excluding hydrogens is 218 g/mol. The highest BCUT2D eigenvalue weighted by molar-refractivity contribution is 6.00. The number of hydrogen-bond acceptors (Lipinski definition) is 3. The van der Waals surface area contributed by atoms with Crippen LogP contribution in [0.1, 0.15) is 24.2 Å². The summed E-state index contributed by atoms with van der Waals surface area (Å²) in [6, 6.07) is 6.51. The Bertz CT molecular complexity index is 442. The molecule has 0 fully saturated rings. The molecule has 0 aliphatic carbocycles. The number of benzene rings is 1. The molecule has 0 aliphatic rings. The monoisotopic (exact) mass is 233 g/mol. The van der Waals surface area contributed by atoms with Crippen molar-refractivity contribution in [3.8, 4) is 0 Å². The van der Waals surface area contributed by atoms with Crippen LogP contribution in [-0.4, -0.2) is 19.0 Å². The lowest BCUT2D eigenvalue weighted by Gasteiger charge is -2.03. The van der Waals surface area contributed by atoms with Gasteiger partial charge in [-0.05, 0) is 38.1 Å². The molecule has 0 bridgehead atoms. The van der Waals surface area contributed by atoms with E-state index in [1.165, 1.54) is 13.2 Å². The van der Waals surface area contributed by atoms with Crippen molar-refractivity contribution >= 4 is 17.6 Å². The zero-order valence-corrected chi connectivity index (χ0v) is 10.1. The van der Waals surface area contributed by atoms with E-state index in [0.29, 0.717) is 11.3 Å². The Labute approximate surface area is 100 Å². The van der Waals surface area contributed by atoms with Gasteiger partial charge in [0.05, 0.1) is 12.7 Å². The third kappa shape index (κ3) is 4.10. The van der Waals surface area contributed by atoms with Gasteiger partial charge in [0.15, 0.2) is 0 Å². The molecule has 0 heterocycles. The zero-order valence-electron chi connectivity index (χ0n) is 10.1. The maximum atomic E-state index is 11.4. The highest BCUT2D eigenvalue weighted by Gasteiger charge is 2.04. The number of hydrogen-bond donors (Lipinski definition) is 1. The second kappa shape index (κ2) is 5.84. The second-order valence-electron chi connectivity index (χ2n) is 3.78. The summed E-state index contributed by atoms with van der Waals surface area (Å²) in [5.41, 5.74) is 2.02. The van der Waals surface area contributed by atoms with Crippen molar-refractivity contribution < 1.29 is 14.3 Å². The molecule has 0 aliphatic heterocycles. The lowest BCUT2D eigenvalue weighted by molar-refractivity contribution is -0.111. The van der Waals surface area contributed by atoms with Gasteiger partial charge in [-0.25, -0.2) is 4.79 Å². The Balaban J connectivity index is 2.72. The first-order chi connectivity index (χ1) is 8.02. The van der Waals surface area contributed by atoms with E-state index in [9.17, 15) is 9.59 Å². The first kappa shape index (κ1) is 13.0. The summed E-state index contributed by atoms with van der Waals surface area (Å²) >= 11 is 0. The molecule has 90 valence electrons. The average molecular weight is 233 g/mol. The molecule has 1 rings (SSSR count). The van der Waals surface area contributed by atoms with E-state index >= 15 is 0 Å². The number of methoxy groups -OCH3 is 1. The van der Waals surface area contributed by atoms with Gasteiger partial charge < -0.3 is 10.1 Å². The lowest BCUT2D eigenvalue weighted by Crippen LogP contribution is -2.08. The summed E-state index contributed by atoms with van der Waals surface area (Å²) in [6.45, 7) is 3.69. The maximum Gasteiger partial charge on any atom is 0.337 e. The number of rotatable bonds is 3. The Morgan fingerprint density at radius 3 is 2.24 bits per heavy atom. The molecule has 0 aromatic heterocycles. The topological polar surface area (TPSA) is 55.4 Å². The highest BCUT2D eigenvalue weighted by Crippen LogP contribution is 2.10. The summed E-state index contributed by atoms with van der Waals surface area (Å²) in [4.78, 5) is 22.6. The van der Waals surface area contributed by atoms with Crippen LogP contribution in [0.15, 0.2) is 35.9 Å². The average Bonchev–Trinajstić information content (AvgIpc) is 2.28. The molecule has 0 spiro atoms. The van der Waals surface area contributed by atoms with Crippen molar-refractivity contribution in [1.82, 2.24) is 0 Å². The Morgan fingerprint density at radius 1 is 1.18 bits per heavy atom. The number of allylic oxidation sites excluding steroid dienone is 1. The standard InChI is InChI=1S/C13H15NO3/c1-9(2)8-12(15)14-11-6-4-10(5-7-11)13(16)17-3/h4-8H,1-3H3,(H,14,15). The molecule has 0 unspecified atom stereocenters. The SMILES string of the molecule is COC(=O)c1ccc(NC(=O)C=C(C)C)cc1. The summed E-state index contributed by atoms with van der Waals surface area (Å²) in [7, 11) is 1.33. The largest absolute Gasteiger partial charge is 0.465 e. The normalized spacial score (nSPS) is 9.35. The van der Waals surface area contributed by atoms with Crippen LogP contribution >= 0.6 is 0 Å². The lowest BCUT2D eigenvalue weighted by atomic mass is 10.2. The molecule has 0 saturated heterocycles. The van der Waals surface area contributed by atoms with Gasteiger partial charge in [-0.3, -0.25) is 4.79 Å². The van der Waals surface area contributed by atoms with Gasteiger partial charge >= 0.3 is 5.97 Å². The molecular formula is C13H15NO3. The summed E-state index contributed by atoms with van der Waals surface area (Å²) < 4.78 is 4.57. The van der Waals surface area contributed by atoms with Crippen molar-refractivity contribution in [2.75, 3.05) is 12.4 Å². The van der Waals surface area contributed by atoms with Crippen molar-refractivity contribution in [3.63, 3.8) is 0 Å². The number of nitrogens with one attached hydrogen (secondary N) is 1. The second-order valence-corrected chi connectivity index (χ2v) is 3.78. The van der Waals surface area contributed by atoms with Crippen LogP contribution in [0.3, 0.4) is 0 Å². The fourth-order valence-electron chi connectivity index (χ4n) is 1.25. The van der Waals surface area contributed by atoms with Crippen LogP contribution in [-0.2, 0) is 9.53 Å². The zero-order chi connectivity index (χ0) is 12.8. The number of carbonyl (C=O) groups is 2. The maximum absolute atomic E-state index is 11.4. The molecule has 1 aromatic rings. The van der Waals surface area contributed by atoms with Crippen LogP contribution < -0.4 is 5.32 Å². The number of esters is 1. The van der Waals surface area contributed by atoms with Gasteiger partial charge in [0.2, 0.25) is 5.91 Å². The molecule has 4 nitrogen and oxygen atoms in total. The fraction of sp³-hybridized carbons (Fsp3) is 0.231. The Kier molecular flexibility index (Phi) is 4.46. The third-order valence-corrected chi connectivity index (χ3v) is 1.99.